The lowest BCUT2D eigenvalue weighted by Gasteiger charge is -2.39. The highest BCUT2D eigenvalue weighted by Crippen LogP contribution is 2.31. The molecular formula is C20H28N2O3. The number of aryl methyl sites for hydroxylation is 2. The molecule has 0 radical (unpaired) electrons. The first-order chi connectivity index (χ1) is 11.9. The molecule has 2 heterocycles. The Hall–Kier alpha value is -1.85. The van der Waals surface area contributed by atoms with E-state index in [9.17, 15) is 4.79 Å². The molecule has 1 aromatic heterocycles. The normalized spacial score (nSPS) is 17.2. The van der Waals surface area contributed by atoms with E-state index in [0.717, 1.165) is 54.7 Å². The molecule has 2 aromatic rings. The molecule has 0 saturated carbocycles. The minimum atomic E-state index is -0.129. The zero-order chi connectivity index (χ0) is 18.0. The average molecular weight is 344 g/mol. The highest BCUT2D eigenvalue weighted by Gasteiger charge is 2.34. The van der Waals surface area contributed by atoms with Crippen molar-refractivity contribution in [3.63, 3.8) is 0 Å². The van der Waals surface area contributed by atoms with Crippen molar-refractivity contribution in [2.24, 2.45) is 5.41 Å². The smallest absolute Gasteiger partial charge is 0.287 e. The van der Waals surface area contributed by atoms with E-state index in [0.29, 0.717) is 12.3 Å². The Morgan fingerprint density at radius 2 is 1.96 bits per heavy atom. The number of carbonyl (C=O) groups is 1. The van der Waals surface area contributed by atoms with Crippen molar-refractivity contribution >= 4 is 16.9 Å². The van der Waals surface area contributed by atoms with Crippen LogP contribution < -0.4 is 5.32 Å². The second kappa shape index (κ2) is 7.18. The standard InChI is InChI=1S/C20H28N2O3/c1-14-5-6-17-16(11-14)15(2)18(25-17)19(23)21-12-20(13-22(3)4)7-9-24-10-8-20/h5-6,11H,7-10,12-13H2,1-4H3,(H,21,23). The Labute approximate surface area is 149 Å². The molecule has 1 aliphatic rings. The summed E-state index contributed by atoms with van der Waals surface area (Å²) in [5.74, 6) is 0.295. The summed E-state index contributed by atoms with van der Waals surface area (Å²) in [6.07, 6.45) is 1.92. The van der Waals surface area contributed by atoms with Gasteiger partial charge in [0.25, 0.3) is 5.91 Å². The fourth-order valence-electron chi connectivity index (χ4n) is 3.77. The number of hydrogen-bond donors (Lipinski definition) is 1. The topological polar surface area (TPSA) is 54.7 Å². The molecule has 1 aliphatic heterocycles. The third-order valence-electron chi connectivity index (χ3n) is 5.13. The van der Waals surface area contributed by atoms with Crippen molar-refractivity contribution in [1.29, 1.82) is 0 Å². The largest absolute Gasteiger partial charge is 0.451 e. The number of hydrogen-bond acceptors (Lipinski definition) is 4. The van der Waals surface area contributed by atoms with Crippen LogP contribution in [-0.4, -0.2) is 51.2 Å². The lowest BCUT2D eigenvalue weighted by molar-refractivity contribution is 0.00273. The van der Waals surface area contributed by atoms with E-state index < -0.39 is 0 Å². The van der Waals surface area contributed by atoms with E-state index in [1.165, 1.54) is 0 Å². The Morgan fingerprint density at radius 3 is 2.64 bits per heavy atom. The van der Waals surface area contributed by atoms with E-state index in [2.05, 4.69) is 30.4 Å². The zero-order valence-corrected chi connectivity index (χ0v) is 15.6. The van der Waals surface area contributed by atoms with E-state index in [1.807, 2.05) is 26.0 Å². The maximum absolute atomic E-state index is 12.7. The molecule has 1 amide bonds. The Kier molecular flexibility index (Phi) is 5.16. The molecule has 25 heavy (non-hydrogen) atoms. The highest BCUT2D eigenvalue weighted by atomic mass is 16.5. The maximum atomic E-state index is 12.7. The van der Waals surface area contributed by atoms with Crippen LogP contribution in [0.5, 0.6) is 0 Å². The number of ether oxygens (including phenoxy) is 1. The molecule has 1 saturated heterocycles. The minimum absolute atomic E-state index is 0.0634. The molecule has 0 bridgehead atoms. The predicted molar refractivity (Wildman–Crippen MR) is 99.1 cm³/mol. The van der Waals surface area contributed by atoms with E-state index >= 15 is 0 Å². The summed E-state index contributed by atoms with van der Waals surface area (Å²) in [7, 11) is 4.15. The van der Waals surface area contributed by atoms with Gasteiger partial charge in [0.15, 0.2) is 5.76 Å². The van der Waals surface area contributed by atoms with Gasteiger partial charge >= 0.3 is 0 Å². The third kappa shape index (κ3) is 3.88. The van der Waals surface area contributed by atoms with Gasteiger partial charge in [0.05, 0.1) is 0 Å². The summed E-state index contributed by atoms with van der Waals surface area (Å²) in [5.41, 5.74) is 2.90. The van der Waals surface area contributed by atoms with Crippen LogP contribution >= 0.6 is 0 Å². The Bertz CT molecular complexity index is 758. The van der Waals surface area contributed by atoms with Gasteiger partial charge in [0, 0.05) is 42.7 Å². The number of fused-ring (bicyclic) bond motifs is 1. The van der Waals surface area contributed by atoms with Crippen molar-refractivity contribution in [3.8, 4) is 0 Å². The van der Waals surface area contributed by atoms with Crippen LogP contribution in [0.2, 0.25) is 0 Å². The van der Waals surface area contributed by atoms with Gasteiger partial charge in [-0.25, -0.2) is 0 Å². The van der Waals surface area contributed by atoms with Gasteiger partial charge < -0.3 is 19.4 Å². The van der Waals surface area contributed by atoms with Gasteiger partial charge in [-0.05, 0) is 52.9 Å². The van der Waals surface area contributed by atoms with Gasteiger partial charge in [-0.15, -0.1) is 0 Å². The first kappa shape index (κ1) is 18.0. The summed E-state index contributed by atoms with van der Waals surface area (Å²) in [4.78, 5) is 14.9. The van der Waals surface area contributed by atoms with Crippen molar-refractivity contribution in [2.45, 2.75) is 26.7 Å². The predicted octanol–water partition coefficient (Wildman–Crippen LogP) is 3.14. The second-order valence-corrected chi connectivity index (χ2v) is 7.59. The minimum Gasteiger partial charge on any atom is -0.451 e. The molecule has 3 rings (SSSR count). The molecule has 5 nitrogen and oxygen atoms in total. The summed E-state index contributed by atoms with van der Waals surface area (Å²) in [5, 5.41) is 4.13. The van der Waals surface area contributed by atoms with Crippen molar-refractivity contribution < 1.29 is 13.9 Å². The van der Waals surface area contributed by atoms with Gasteiger partial charge in [0.2, 0.25) is 0 Å². The molecule has 0 atom stereocenters. The average Bonchev–Trinajstić information content (AvgIpc) is 2.90. The molecule has 136 valence electrons. The number of nitrogens with one attached hydrogen (secondary N) is 1. The monoisotopic (exact) mass is 344 g/mol. The summed E-state index contributed by atoms with van der Waals surface area (Å²) in [6, 6.07) is 6.00. The maximum Gasteiger partial charge on any atom is 0.287 e. The van der Waals surface area contributed by atoms with Crippen LogP contribution in [0.25, 0.3) is 11.0 Å². The fraction of sp³-hybridized carbons (Fsp3) is 0.550. The third-order valence-corrected chi connectivity index (χ3v) is 5.13. The van der Waals surface area contributed by atoms with Gasteiger partial charge in [0.1, 0.15) is 5.58 Å². The second-order valence-electron chi connectivity index (χ2n) is 7.59. The van der Waals surface area contributed by atoms with Crippen LogP contribution in [0.1, 0.15) is 34.5 Å². The quantitative estimate of drug-likeness (QED) is 0.905. The molecule has 1 N–H and O–H groups in total. The Balaban J connectivity index is 1.76. The lowest BCUT2D eigenvalue weighted by Crippen LogP contribution is -2.47. The lowest BCUT2D eigenvalue weighted by atomic mass is 9.79. The van der Waals surface area contributed by atoms with Gasteiger partial charge in [-0.1, -0.05) is 11.6 Å². The van der Waals surface area contributed by atoms with Crippen molar-refractivity contribution in [2.75, 3.05) is 40.4 Å². The van der Waals surface area contributed by atoms with Crippen molar-refractivity contribution in [1.82, 2.24) is 10.2 Å². The molecular weight excluding hydrogens is 316 g/mol. The van der Waals surface area contributed by atoms with E-state index in [4.69, 9.17) is 9.15 Å². The molecule has 5 heteroatoms. The Morgan fingerprint density at radius 1 is 1.24 bits per heavy atom. The zero-order valence-electron chi connectivity index (χ0n) is 15.6. The SMILES string of the molecule is Cc1ccc2oc(C(=O)NCC3(CN(C)C)CCOCC3)c(C)c2c1. The van der Waals surface area contributed by atoms with Crippen LogP contribution in [0.3, 0.4) is 0 Å². The molecule has 0 spiro atoms. The highest BCUT2D eigenvalue weighted by molar-refractivity contribution is 5.99. The van der Waals surface area contributed by atoms with Crippen molar-refractivity contribution in [3.05, 3.63) is 35.1 Å². The van der Waals surface area contributed by atoms with Crippen LogP contribution in [-0.2, 0) is 4.74 Å². The number of amides is 1. The van der Waals surface area contributed by atoms with Crippen LogP contribution in [0.4, 0.5) is 0 Å². The number of rotatable bonds is 5. The van der Waals surface area contributed by atoms with Crippen LogP contribution in [0.15, 0.2) is 22.6 Å². The molecule has 0 aliphatic carbocycles. The first-order valence-corrected chi connectivity index (χ1v) is 8.91. The van der Waals surface area contributed by atoms with Crippen LogP contribution in [0, 0.1) is 19.3 Å². The van der Waals surface area contributed by atoms with Gasteiger partial charge in [-0.2, -0.15) is 0 Å². The number of furan rings is 1. The van der Waals surface area contributed by atoms with E-state index in [-0.39, 0.29) is 11.3 Å². The molecule has 1 aromatic carbocycles. The van der Waals surface area contributed by atoms with Gasteiger partial charge in [-0.3, -0.25) is 4.79 Å². The fourth-order valence-corrected chi connectivity index (χ4v) is 3.77. The number of nitrogens with zero attached hydrogens (tertiary/aromatic N) is 1. The van der Waals surface area contributed by atoms with E-state index in [1.54, 1.807) is 0 Å². The summed E-state index contributed by atoms with van der Waals surface area (Å²) in [6.45, 7) is 7.09. The summed E-state index contributed by atoms with van der Waals surface area (Å²) < 4.78 is 11.3. The number of carbonyl (C=O) groups excluding carboxylic acids is 1. The number of benzene rings is 1. The molecule has 0 unspecified atom stereocenters. The molecule has 1 fully saturated rings. The summed E-state index contributed by atoms with van der Waals surface area (Å²) >= 11 is 0. The first-order valence-electron chi connectivity index (χ1n) is 8.91.